The Morgan fingerprint density at radius 3 is 3.00 bits per heavy atom. The Kier molecular flexibility index (Phi) is 2.94. The fourth-order valence-electron chi connectivity index (χ4n) is 0.789. The molecule has 1 aliphatic heterocycles. The molecule has 1 atom stereocenters. The average Bonchev–Trinajstić information content (AvgIpc) is 1.89. The van der Waals surface area contributed by atoms with Crippen LogP contribution in [0.2, 0.25) is 0 Å². The van der Waals surface area contributed by atoms with Gasteiger partial charge in [-0.15, -0.1) is 0 Å². The maximum atomic E-state index is 11.4. The van der Waals surface area contributed by atoms with E-state index in [-0.39, 0.29) is 17.2 Å². The molecule has 1 unspecified atom stereocenters. The van der Waals surface area contributed by atoms with Crippen molar-refractivity contribution in [2.75, 3.05) is 32.2 Å². The van der Waals surface area contributed by atoms with Gasteiger partial charge in [-0.25, -0.2) is 0 Å². The summed E-state index contributed by atoms with van der Waals surface area (Å²) < 4.78 is 4.61. The number of rotatable bonds is 2. The molecule has 0 saturated carbocycles. The van der Waals surface area contributed by atoms with Crippen LogP contribution in [0.25, 0.3) is 0 Å². The van der Waals surface area contributed by atoms with Gasteiger partial charge < -0.3 is 15.1 Å². The highest BCUT2D eigenvalue weighted by molar-refractivity contribution is 7.93. The minimum absolute atomic E-state index is 0.0451. The summed E-state index contributed by atoms with van der Waals surface area (Å²) in [6, 6.07) is 0. The van der Waals surface area contributed by atoms with E-state index in [2.05, 4.69) is 0 Å². The van der Waals surface area contributed by atoms with Crippen molar-refractivity contribution in [2.45, 2.75) is 0 Å². The molecule has 0 aromatic heterocycles. The van der Waals surface area contributed by atoms with Crippen LogP contribution in [0.3, 0.4) is 0 Å². The van der Waals surface area contributed by atoms with Crippen molar-refractivity contribution in [2.24, 2.45) is 0 Å². The van der Waals surface area contributed by atoms with E-state index in [0.717, 1.165) is 0 Å². The minimum atomic E-state index is -0.365. The first kappa shape index (κ1) is 8.29. The maximum absolute atomic E-state index is 11.4. The van der Waals surface area contributed by atoms with E-state index >= 15 is 0 Å². The number of aliphatic hydroxyl groups is 1. The Bertz CT molecular complexity index is 99.6. The van der Waals surface area contributed by atoms with Crippen molar-refractivity contribution < 1.29 is 13.9 Å². The van der Waals surface area contributed by atoms with Crippen LogP contribution in [0, 0.1) is 5.21 Å². The molecule has 1 N–H and O–H groups in total. The van der Waals surface area contributed by atoms with Crippen LogP contribution in [0.15, 0.2) is 0 Å². The second kappa shape index (κ2) is 3.54. The quantitative estimate of drug-likeness (QED) is 0.353. The third kappa shape index (κ3) is 2.10. The first-order chi connectivity index (χ1) is 4.77. The Morgan fingerprint density at radius 1 is 1.70 bits per heavy atom. The van der Waals surface area contributed by atoms with E-state index in [0.29, 0.717) is 19.1 Å². The normalized spacial score (nSPS) is 34.2. The summed E-state index contributed by atoms with van der Waals surface area (Å²) in [7, 11) is 0. The number of hydrogen-bond acceptors (Lipinski definition) is 4. The predicted octanol–water partition coefficient (Wildman–Crippen LogP) is -0.0708. The molecular weight excluding hydrogens is 154 g/mol. The summed E-state index contributed by atoms with van der Waals surface area (Å²) in [5.41, 5.74) is 0. The van der Waals surface area contributed by atoms with Crippen LogP contribution in [0.5, 0.6) is 0 Å². The highest BCUT2D eigenvalue weighted by Gasteiger charge is 2.22. The van der Waals surface area contributed by atoms with E-state index < -0.39 is 0 Å². The smallest absolute Gasteiger partial charge is 0.147 e. The summed E-state index contributed by atoms with van der Waals surface area (Å²) >= 11 is 1.19. The molecule has 0 amide bonds. The third-order valence-corrected chi connectivity index (χ3v) is 2.50. The molecule has 0 bridgehead atoms. The van der Waals surface area contributed by atoms with Gasteiger partial charge in [0.2, 0.25) is 0 Å². The number of hydroxylamine groups is 2. The number of quaternary nitrogens is 1. The lowest BCUT2D eigenvalue weighted by atomic mass is 10.6. The summed E-state index contributed by atoms with van der Waals surface area (Å²) in [6.45, 7) is 1.19. The SMILES string of the molecule is [O-][N+]1(CCO)CCOCS1. The van der Waals surface area contributed by atoms with E-state index in [9.17, 15) is 5.21 Å². The van der Waals surface area contributed by atoms with Crippen LogP contribution in [0.4, 0.5) is 0 Å². The molecule has 10 heavy (non-hydrogen) atoms. The van der Waals surface area contributed by atoms with E-state index in [1.54, 1.807) is 0 Å². The van der Waals surface area contributed by atoms with Gasteiger partial charge in [-0.1, -0.05) is 0 Å². The molecule has 0 spiro atoms. The number of hydrogen-bond donors (Lipinski definition) is 1. The highest BCUT2D eigenvalue weighted by Crippen LogP contribution is 2.23. The van der Waals surface area contributed by atoms with Gasteiger partial charge in [-0.2, -0.15) is 0 Å². The Morgan fingerprint density at radius 2 is 2.50 bits per heavy atom. The van der Waals surface area contributed by atoms with Crippen LogP contribution in [-0.2, 0) is 4.74 Å². The molecule has 4 nitrogen and oxygen atoms in total. The van der Waals surface area contributed by atoms with Crippen molar-refractivity contribution >= 4 is 11.9 Å². The predicted molar refractivity (Wildman–Crippen MR) is 38.9 cm³/mol. The monoisotopic (exact) mass is 165 g/mol. The lowest BCUT2D eigenvalue weighted by molar-refractivity contribution is -0.747. The summed E-state index contributed by atoms with van der Waals surface area (Å²) in [4.78, 5) is 0. The highest BCUT2D eigenvalue weighted by atomic mass is 32.2. The third-order valence-electron chi connectivity index (χ3n) is 1.39. The Balaban J connectivity index is 2.32. The van der Waals surface area contributed by atoms with Gasteiger partial charge in [0.1, 0.15) is 31.0 Å². The second-order valence-corrected chi connectivity index (χ2v) is 3.30. The first-order valence-corrected chi connectivity index (χ1v) is 4.12. The van der Waals surface area contributed by atoms with Crippen LogP contribution in [0.1, 0.15) is 0 Å². The summed E-state index contributed by atoms with van der Waals surface area (Å²) in [6.07, 6.45) is 0. The largest absolute Gasteiger partial charge is 0.620 e. The van der Waals surface area contributed by atoms with Crippen molar-refractivity contribution in [3.05, 3.63) is 5.21 Å². The summed E-state index contributed by atoms with van der Waals surface area (Å²) in [5, 5.41) is 19.9. The van der Waals surface area contributed by atoms with Gasteiger partial charge in [0.05, 0.1) is 13.2 Å². The molecule has 0 aromatic rings. The maximum Gasteiger partial charge on any atom is 0.147 e. The fraction of sp³-hybridized carbons (Fsp3) is 1.00. The van der Waals surface area contributed by atoms with Gasteiger partial charge in [-0.3, -0.25) is 4.05 Å². The standard InChI is InChI=1S/C5H11NO3S/c7-3-1-6(8)2-4-9-5-10-6/h7H,1-5H2. The average molecular weight is 165 g/mol. The number of nitrogens with zero attached hydrogens (tertiary/aromatic N) is 1. The molecule has 5 heteroatoms. The van der Waals surface area contributed by atoms with Gasteiger partial charge in [0.15, 0.2) is 0 Å². The zero-order valence-electron chi connectivity index (χ0n) is 5.65. The fourth-order valence-corrected chi connectivity index (χ4v) is 1.59. The van der Waals surface area contributed by atoms with Crippen molar-refractivity contribution in [3.8, 4) is 0 Å². The molecule has 0 aliphatic carbocycles. The zero-order valence-corrected chi connectivity index (χ0v) is 6.47. The molecule has 0 radical (unpaired) electrons. The van der Waals surface area contributed by atoms with Gasteiger partial charge in [0, 0.05) is 0 Å². The number of ether oxygens (including phenoxy) is 1. The van der Waals surface area contributed by atoms with Crippen LogP contribution < -0.4 is 0 Å². The van der Waals surface area contributed by atoms with Crippen molar-refractivity contribution in [1.82, 2.24) is 0 Å². The van der Waals surface area contributed by atoms with E-state index in [4.69, 9.17) is 9.84 Å². The topological polar surface area (TPSA) is 52.5 Å². The number of aliphatic hydroxyl groups excluding tert-OH is 1. The zero-order chi connectivity index (χ0) is 7.45. The minimum Gasteiger partial charge on any atom is -0.620 e. The van der Waals surface area contributed by atoms with Gasteiger partial charge in [-0.05, 0) is 0 Å². The van der Waals surface area contributed by atoms with Crippen LogP contribution in [-0.4, -0.2) is 41.4 Å². The molecule has 1 heterocycles. The molecule has 1 saturated heterocycles. The lowest BCUT2D eigenvalue weighted by Crippen LogP contribution is -2.43. The molecule has 60 valence electrons. The Labute approximate surface area is 64.1 Å². The summed E-state index contributed by atoms with van der Waals surface area (Å²) in [5.74, 6) is 0.448. The lowest BCUT2D eigenvalue weighted by Gasteiger charge is -2.41. The van der Waals surface area contributed by atoms with Crippen molar-refractivity contribution in [1.29, 1.82) is 0 Å². The van der Waals surface area contributed by atoms with Gasteiger partial charge >= 0.3 is 0 Å². The molecule has 1 aliphatic rings. The second-order valence-electron chi connectivity index (χ2n) is 2.14. The first-order valence-electron chi connectivity index (χ1n) is 3.18. The van der Waals surface area contributed by atoms with E-state index in [1.165, 1.54) is 11.9 Å². The molecule has 0 aromatic carbocycles. The Hall–Kier alpha value is 0.190. The van der Waals surface area contributed by atoms with Crippen molar-refractivity contribution in [3.63, 3.8) is 0 Å². The molecular formula is C5H11NO3S. The van der Waals surface area contributed by atoms with E-state index in [1.807, 2.05) is 0 Å². The van der Waals surface area contributed by atoms with Crippen LogP contribution >= 0.6 is 11.9 Å². The molecule has 1 rings (SSSR count). The van der Waals surface area contributed by atoms with Gasteiger partial charge in [0.25, 0.3) is 0 Å². The molecule has 1 fully saturated rings.